The summed E-state index contributed by atoms with van der Waals surface area (Å²) in [6, 6.07) is 8.56. The number of amides is 1. The van der Waals surface area contributed by atoms with Crippen molar-refractivity contribution in [3.05, 3.63) is 71.6 Å². The molecule has 1 saturated carbocycles. The van der Waals surface area contributed by atoms with E-state index in [1.54, 1.807) is 31.3 Å². The lowest BCUT2D eigenvalue weighted by Gasteiger charge is -2.17. The molecule has 0 bridgehead atoms. The SMILES string of the molecule is CC(NC(=O)c1cc(C(F)(F)F)nc(C2(C#N)CC2)c1)c1nccnc1-c1ccccn1. The molecule has 0 saturated heterocycles. The Morgan fingerprint density at radius 2 is 1.91 bits per heavy atom. The molecule has 32 heavy (non-hydrogen) atoms. The van der Waals surface area contributed by atoms with Crippen molar-refractivity contribution in [3.63, 3.8) is 0 Å². The van der Waals surface area contributed by atoms with Gasteiger partial charge in [0.15, 0.2) is 0 Å². The molecule has 3 heterocycles. The molecule has 0 spiro atoms. The van der Waals surface area contributed by atoms with Gasteiger partial charge in [-0.15, -0.1) is 0 Å². The standard InChI is InChI=1S/C22H17F3N6O/c1-13(18-19(29-9-8-28-18)15-4-2-3-7-27-15)30-20(32)14-10-16(21(12-26)5-6-21)31-17(11-14)22(23,24)25/h2-4,7-11,13H,5-6H2,1H3,(H,30,32). The topological polar surface area (TPSA) is 104 Å². The van der Waals surface area contributed by atoms with E-state index in [0.29, 0.717) is 36.0 Å². The summed E-state index contributed by atoms with van der Waals surface area (Å²) in [4.78, 5) is 29.3. The zero-order valence-corrected chi connectivity index (χ0v) is 16.9. The number of carbonyl (C=O) groups is 1. The number of halogens is 3. The van der Waals surface area contributed by atoms with E-state index < -0.39 is 29.2 Å². The Balaban J connectivity index is 1.66. The first-order valence-corrected chi connectivity index (χ1v) is 9.78. The number of alkyl halides is 3. The van der Waals surface area contributed by atoms with Crippen molar-refractivity contribution in [2.45, 2.75) is 37.4 Å². The average molecular weight is 438 g/mol. The molecule has 3 aromatic rings. The molecule has 1 amide bonds. The van der Waals surface area contributed by atoms with Crippen LogP contribution in [0.1, 0.15) is 53.2 Å². The van der Waals surface area contributed by atoms with Gasteiger partial charge in [0.05, 0.1) is 34.6 Å². The van der Waals surface area contributed by atoms with Gasteiger partial charge in [0.1, 0.15) is 11.4 Å². The van der Waals surface area contributed by atoms with Crippen molar-refractivity contribution in [2.24, 2.45) is 0 Å². The molecule has 3 aromatic heterocycles. The molecule has 1 aliphatic carbocycles. The van der Waals surface area contributed by atoms with Crippen LogP contribution in [0.25, 0.3) is 11.4 Å². The Morgan fingerprint density at radius 1 is 1.16 bits per heavy atom. The van der Waals surface area contributed by atoms with Crippen molar-refractivity contribution in [1.29, 1.82) is 5.26 Å². The number of nitriles is 1. The van der Waals surface area contributed by atoms with Crippen molar-refractivity contribution in [3.8, 4) is 17.5 Å². The summed E-state index contributed by atoms with van der Waals surface area (Å²) in [6.07, 6.45) is 0.602. The van der Waals surface area contributed by atoms with Crippen LogP contribution in [-0.2, 0) is 11.6 Å². The van der Waals surface area contributed by atoms with Gasteiger partial charge in [0, 0.05) is 24.2 Å². The Labute approximate surface area is 181 Å². The monoisotopic (exact) mass is 438 g/mol. The maximum atomic E-state index is 13.4. The minimum atomic E-state index is -4.75. The Bertz CT molecular complexity index is 1200. The van der Waals surface area contributed by atoms with E-state index in [2.05, 4.69) is 25.3 Å². The van der Waals surface area contributed by atoms with Crippen molar-refractivity contribution in [1.82, 2.24) is 25.3 Å². The van der Waals surface area contributed by atoms with Crippen LogP contribution in [0.15, 0.2) is 48.9 Å². The van der Waals surface area contributed by atoms with E-state index in [9.17, 15) is 23.2 Å². The predicted octanol–water partition coefficient (Wildman–Crippen LogP) is 4.00. The van der Waals surface area contributed by atoms with Gasteiger partial charge in [0.25, 0.3) is 5.91 Å². The van der Waals surface area contributed by atoms with E-state index >= 15 is 0 Å². The molecule has 1 atom stereocenters. The van der Waals surface area contributed by atoms with Crippen molar-refractivity contribution >= 4 is 5.91 Å². The lowest BCUT2D eigenvalue weighted by molar-refractivity contribution is -0.141. The Morgan fingerprint density at radius 3 is 2.53 bits per heavy atom. The Hall–Kier alpha value is -3.87. The molecule has 10 heteroatoms. The lowest BCUT2D eigenvalue weighted by atomic mass is 10.0. The maximum absolute atomic E-state index is 13.4. The quantitative estimate of drug-likeness (QED) is 0.646. The summed E-state index contributed by atoms with van der Waals surface area (Å²) >= 11 is 0. The third-order valence-electron chi connectivity index (χ3n) is 5.22. The second kappa shape index (κ2) is 8.00. The molecule has 162 valence electrons. The van der Waals surface area contributed by atoms with Crippen LogP contribution >= 0.6 is 0 Å². The number of nitrogens with one attached hydrogen (secondary N) is 1. The lowest BCUT2D eigenvalue weighted by Crippen LogP contribution is -2.29. The summed E-state index contributed by atoms with van der Waals surface area (Å²) < 4.78 is 40.2. The average Bonchev–Trinajstić information content (AvgIpc) is 3.60. The number of nitrogens with zero attached hydrogens (tertiary/aromatic N) is 5. The van der Waals surface area contributed by atoms with E-state index in [0.717, 1.165) is 0 Å². The second-order valence-corrected chi connectivity index (χ2v) is 7.52. The molecule has 0 aromatic carbocycles. The molecule has 1 aliphatic rings. The van der Waals surface area contributed by atoms with Gasteiger partial charge >= 0.3 is 6.18 Å². The van der Waals surface area contributed by atoms with E-state index in [1.807, 2.05) is 6.07 Å². The zero-order chi connectivity index (χ0) is 22.9. The summed E-state index contributed by atoms with van der Waals surface area (Å²) in [5.41, 5.74) is -1.12. The van der Waals surface area contributed by atoms with E-state index in [4.69, 9.17) is 0 Å². The summed E-state index contributed by atoms with van der Waals surface area (Å²) in [6.45, 7) is 1.65. The highest BCUT2D eigenvalue weighted by Gasteiger charge is 2.48. The van der Waals surface area contributed by atoms with Crippen LogP contribution in [0.3, 0.4) is 0 Å². The van der Waals surface area contributed by atoms with Crippen LogP contribution in [0.5, 0.6) is 0 Å². The fourth-order valence-corrected chi connectivity index (χ4v) is 3.32. The number of hydrogen-bond donors (Lipinski definition) is 1. The fraction of sp³-hybridized carbons (Fsp3) is 0.273. The molecule has 4 rings (SSSR count). The third kappa shape index (κ3) is 4.14. The molecule has 0 aliphatic heterocycles. The first-order valence-electron chi connectivity index (χ1n) is 9.78. The number of aromatic nitrogens is 4. The van der Waals surface area contributed by atoms with Gasteiger partial charge in [-0.1, -0.05) is 6.07 Å². The zero-order valence-electron chi connectivity index (χ0n) is 16.9. The highest BCUT2D eigenvalue weighted by atomic mass is 19.4. The van der Waals surface area contributed by atoms with Crippen molar-refractivity contribution in [2.75, 3.05) is 0 Å². The number of hydrogen-bond acceptors (Lipinski definition) is 6. The maximum Gasteiger partial charge on any atom is 0.433 e. The highest BCUT2D eigenvalue weighted by Crippen LogP contribution is 2.47. The number of rotatable bonds is 5. The van der Waals surface area contributed by atoms with Crippen molar-refractivity contribution < 1.29 is 18.0 Å². The number of carbonyl (C=O) groups excluding carboxylic acids is 1. The predicted molar refractivity (Wildman–Crippen MR) is 107 cm³/mol. The minimum Gasteiger partial charge on any atom is -0.344 e. The summed E-state index contributed by atoms with van der Waals surface area (Å²) in [5.74, 6) is -0.738. The molecule has 1 N–H and O–H groups in total. The largest absolute Gasteiger partial charge is 0.433 e. The molecule has 0 radical (unpaired) electrons. The van der Waals surface area contributed by atoms with Crippen LogP contribution in [0, 0.1) is 11.3 Å². The minimum absolute atomic E-state index is 0.0405. The third-order valence-corrected chi connectivity index (χ3v) is 5.22. The van der Waals surface area contributed by atoms with Gasteiger partial charge in [-0.25, -0.2) is 4.98 Å². The smallest absolute Gasteiger partial charge is 0.344 e. The van der Waals surface area contributed by atoms with Gasteiger partial charge in [-0.3, -0.25) is 19.7 Å². The van der Waals surface area contributed by atoms with Gasteiger partial charge in [0.2, 0.25) is 0 Å². The van der Waals surface area contributed by atoms with Crippen LogP contribution in [0.2, 0.25) is 0 Å². The number of pyridine rings is 2. The van der Waals surface area contributed by atoms with Crippen LogP contribution in [-0.4, -0.2) is 25.8 Å². The molecule has 7 nitrogen and oxygen atoms in total. The summed E-state index contributed by atoms with van der Waals surface area (Å²) in [5, 5.41) is 12.0. The molecule has 1 unspecified atom stereocenters. The fourth-order valence-electron chi connectivity index (χ4n) is 3.32. The molecular formula is C22H17F3N6O. The first-order chi connectivity index (χ1) is 15.2. The molecule has 1 fully saturated rings. The first kappa shape index (κ1) is 21.4. The highest BCUT2D eigenvalue weighted by molar-refractivity contribution is 5.94. The van der Waals surface area contributed by atoms with E-state index in [1.165, 1.54) is 18.5 Å². The molecular weight excluding hydrogens is 421 g/mol. The van der Waals surface area contributed by atoms with Gasteiger partial charge < -0.3 is 5.32 Å². The summed E-state index contributed by atoms with van der Waals surface area (Å²) in [7, 11) is 0. The second-order valence-electron chi connectivity index (χ2n) is 7.52. The van der Waals surface area contributed by atoms with Gasteiger partial charge in [-0.2, -0.15) is 18.4 Å². The Kier molecular flexibility index (Phi) is 5.34. The van der Waals surface area contributed by atoms with Crippen LogP contribution < -0.4 is 5.32 Å². The van der Waals surface area contributed by atoms with Crippen LogP contribution in [0.4, 0.5) is 13.2 Å². The normalized spacial score (nSPS) is 15.5. The van der Waals surface area contributed by atoms with Gasteiger partial charge in [-0.05, 0) is 44.0 Å². The van der Waals surface area contributed by atoms with E-state index in [-0.39, 0.29) is 11.3 Å².